The summed E-state index contributed by atoms with van der Waals surface area (Å²) in [5.41, 5.74) is 10.7. The highest BCUT2D eigenvalue weighted by Gasteiger charge is 2.21. The van der Waals surface area contributed by atoms with Gasteiger partial charge in [0.15, 0.2) is 5.69 Å². The third kappa shape index (κ3) is 5.73. The van der Waals surface area contributed by atoms with Crippen LogP contribution >= 0.6 is 0 Å². The summed E-state index contributed by atoms with van der Waals surface area (Å²) in [5.74, 6) is 0. The molecule has 0 aliphatic rings. The normalized spacial score (nSPS) is 11.2. The average molecular weight is 793 g/mol. The molecule has 0 aliphatic carbocycles. The van der Waals surface area contributed by atoms with Crippen LogP contribution < -0.4 is 9.80 Å². The number of nitrogens with zero attached hydrogens (tertiary/aromatic N) is 6. The van der Waals surface area contributed by atoms with E-state index in [-0.39, 0.29) is 0 Å². The number of hydrogen-bond acceptors (Lipinski definition) is 7. The van der Waals surface area contributed by atoms with E-state index in [2.05, 4.69) is 99.6 Å². The minimum Gasteiger partial charge on any atom is -0.455 e. The number of benzene rings is 9. The second-order valence-corrected chi connectivity index (χ2v) is 15.0. The van der Waals surface area contributed by atoms with Crippen molar-refractivity contribution < 1.29 is 8.83 Å². The SMILES string of the molecule is [C-]#[N+]c1ccc(N(c2ccc(C#N)cc2)c2ccc3c(ccc4c5ccc6oc7c8ccc(N(c9ccc(C#N)cc9)c9ccc(C#N)cc9)cc8ccc7c6c5oc34)c2)cc1. The van der Waals surface area contributed by atoms with Crippen molar-refractivity contribution >= 4 is 105 Å². The molecule has 0 atom stereocenters. The van der Waals surface area contributed by atoms with Gasteiger partial charge in [0.1, 0.15) is 22.3 Å². The van der Waals surface area contributed by atoms with Gasteiger partial charge in [0.05, 0.1) is 46.9 Å². The molecule has 0 radical (unpaired) electrons. The van der Waals surface area contributed by atoms with Crippen molar-refractivity contribution in [2.45, 2.75) is 0 Å². The van der Waals surface area contributed by atoms with Gasteiger partial charge in [-0.1, -0.05) is 24.3 Å². The van der Waals surface area contributed by atoms with Crippen LogP contribution in [-0.4, -0.2) is 0 Å². The monoisotopic (exact) mass is 792 g/mol. The fourth-order valence-electron chi connectivity index (χ4n) is 8.55. The Kier molecular flexibility index (Phi) is 8.19. The zero-order valence-electron chi connectivity index (χ0n) is 32.7. The first-order valence-electron chi connectivity index (χ1n) is 19.8. The highest BCUT2D eigenvalue weighted by Crippen LogP contribution is 2.45. The lowest BCUT2D eigenvalue weighted by atomic mass is 10.0. The van der Waals surface area contributed by atoms with Crippen LogP contribution in [0.3, 0.4) is 0 Å². The highest BCUT2D eigenvalue weighted by atomic mass is 16.3. The van der Waals surface area contributed by atoms with Crippen LogP contribution in [-0.2, 0) is 0 Å². The number of anilines is 6. The zero-order chi connectivity index (χ0) is 41.9. The minimum absolute atomic E-state index is 0.560. The van der Waals surface area contributed by atoms with Crippen LogP contribution in [0.2, 0.25) is 0 Å². The summed E-state index contributed by atoms with van der Waals surface area (Å²) in [4.78, 5) is 7.79. The number of nitriles is 3. The quantitative estimate of drug-likeness (QED) is 0.154. The van der Waals surface area contributed by atoms with E-state index >= 15 is 0 Å². The summed E-state index contributed by atoms with van der Waals surface area (Å²) in [6.45, 7) is 7.44. The molecule has 0 fully saturated rings. The predicted octanol–water partition coefficient (Wildman–Crippen LogP) is 14.9. The zero-order valence-corrected chi connectivity index (χ0v) is 32.7. The fourth-order valence-corrected chi connectivity index (χ4v) is 8.55. The first kappa shape index (κ1) is 35.8. The van der Waals surface area contributed by atoms with Crippen LogP contribution in [0.25, 0.3) is 70.3 Å². The van der Waals surface area contributed by atoms with Gasteiger partial charge in [-0.2, -0.15) is 15.8 Å². The van der Waals surface area contributed by atoms with Gasteiger partial charge in [0.25, 0.3) is 0 Å². The maximum absolute atomic E-state index is 9.45. The number of rotatable bonds is 6. The molecule has 8 heteroatoms. The molecule has 2 heterocycles. The maximum atomic E-state index is 9.45. The summed E-state index contributed by atoms with van der Waals surface area (Å²) in [6.07, 6.45) is 0. The molecule has 0 N–H and O–H groups in total. The van der Waals surface area contributed by atoms with E-state index in [0.29, 0.717) is 22.4 Å². The van der Waals surface area contributed by atoms with E-state index in [1.165, 1.54) is 0 Å². The third-order valence-corrected chi connectivity index (χ3v) is 11.5. The van der Waals surface area contributed by atoms with Gasteiger partial charge in [0, 0.05) is 61.1 Å². The number of furan rings is 2. The van der Waals surface area contributed by atoms with E-state index in [4.69, 9.17) is 15.4 Å². The molecule has 11 aromatic rings. The topological polar surface area (TPSA) is 108 Å². The Bertz CT molecular complexity index is 3670. The lowest BCUT2D eigenvalue weighted by Crippen LogP contribution is -2.09. The smallest absolute Gasteiger partial charge is 0.187 e. The lowest BCUT2D eigenvalue weighted by Gasteiger charge is -2.26. The van der Waals surface area contributed by atoms with E-state index < -0.39 is 0 Å². The van der Waals surface area contributed by atoms with Crippen LogP contribution in [0, 0.1) is 40.6 Å². The minimum atomic E-state index is 0.560. The molecule has 0 saturated heterocycles. The van der Waals surface area contributed by atoms with Crippen molar-refractivity contribution in [2.24, 2.45) is 0 Å². The Morgan fingerprint density at radius 3 is 1.24 bits per heavy atom. The molecule has 0 saturated carbocycles. The Labute approximate surface area is 354 Å². The molecule has 2 aromatic heterocycles. The van der Waals surface area contributed by atoms with Crippen LogP contribution in [0.4, 0.5) is 39.8 Å². The van der Waals surface area contributed by atoms with Crippen molar-refractivity contribution in [2.75, 3.05) is 9.80 Å². The van der Waals surface area contributed by atoms with Crippen molar-refractivity contribution in [3.05, 3.63) is 198 Å². The number of fused-ring (bicyclic) bond motifs is 11. The average Bonchev–Trinajstić information content (AvgIpc) is 3.91. The van der Waals surface area contributed by atoms with E-state index in [1.807, 2.05) is 66.7 Å². The molecule has 0 amide bonds. The van der Waals surface area contributed by atoms with Crippen LogP contribution in [0.1, 0.15) is 16.7 Å². The molecular formula is C54H28N6O2. The van der Waals surface area contributed by atoms with Crippen molar-refractivity contribution in [1.82, 2.24) is 0 Å². The molecule has 0 aliphatic heterocycles. The van der Waals surface area contributed by atoms with Gasteiger partial charge in [-0.05, 0) is 156 Å². The first-order chi connectivity index (χ1) is 30.5. The predicted molar refractivity (Wildman–Crippen MR) is 246 cm³/mol. The maximum Gasteiger partial charge on any atom is 0.187 e. The molecular weight excluding hydrogens is 765 g/mol. The molecule has 0 bridgehead atoms. The Hall–Kier alpha value is -9.34. The largest absolute Gasteiger partial charge is 0.455 e. The van der Waals surface area contributed by atoms with Crippen LogP contribution in [0.5, 0.6) is 0 Å². The molecule has 11 rings (SSSR count). The summed E-state index contributed by atoms with van der Waals surface area (Å²) in [5, 5.41) is 36.1. The van der Waals surface area contributed by atoms with Gasteiger partial charge >= 0.3 is 0 Å². The second kappa shape index (κ2) is 14.2. The molecule has 0 unspecified atom stereocenters. The molecule has 0 spiro atoms. The van der Waals surface area contributed by atoms with Gasteiger partial charge in [0.2, 0.25) is 0 Å². The molecule has 9 aromatic carbocycles. The standard InChI is InChI=1S/C54H28N6O2/c1-58-38-10-18-42(19-11-38)60(41-16-6-35(32-57)7-17-41)44-20-24-45-36(28-44)8-22-47-48-26-27-50-51(54(48)62-52(45)47)49-23-9-37-29-43(21-25-46(37)53(49)61-50)59(39-12-2-33(30-55)3-13-39)40-14-4-34(31-56)5-15-40/h2-29H. The van der Waals surface area contributed by atoms with E-state index in [0.717, 1.165) is 99.5 Å². The second-order valence-electron chi connectivity index (χ2n) is 15.0. The third-order valence-electron chi connectivity index (χ3n) is 11.5. The van der Waals surface area contributed by atoms with Gasteiger partial charge < -0.3 is 18.6 Å². The lowest BCUT2D eigenvalue weighted by molar-refractivity contribution is 0.666. The summed E-state index contributed by atoms with van der Waals surface area (Å²) in [7, 11) is 0. The van der Waals surface area contributed by atoms with Crippen molar-refractivity contribution in [3.63, 3.8) is 0 Å². The number of hydrogen-bond donors (Lipinski definition) is 0. The summed E-state index contributed by atoms with van der Waals surface area (Å²) in [6, 6.07) is 61.6. The Morgan fingerprint density at radius 2 is 0.774 bits per heavy atom. The summed E-state index contributed by atoms with van der Waals surface area (Å²) >= 11 is 0. The van der Waals surface area contributed by atoms with Crippen LogP contribution in [0.15, 0.2) is 179 Å². The van der Waals surface area contributed by atoms with Gasteiger partial charge in [-0.15, -0.1) is 0 Å². The van der Waals surface area contributed by atoms with Crippen molar-refractivity contribution in [3.8, 4) is 18.2 Å². The molecule has 62 heavy (non-hydrogen) atoms. The molecule has 286 valence electrons. The Balaban J connectivity index is 1.02. The summed E-state index contributed by atoms with van der Waals surface area (Å²) < 4.78 is 13.5. The van der Waals surface area contributed by atoms with E-state index in [9.17, 15) is 15.8 Å². The van der Waals surface area contributed by atoms with Gasteiger partial charge in [-0.3, -0.25) is 0 Å². The Morgan fingerprint density at radius 1 is 0.387 bits per heavy atom. The van der Waals surface area contributed by atoms with Crippen molar-refractivity contribution in [1.29, 1.82) is 15.8 Å². The first-order valence-corrected chi connectivity index (χ1v) is 19.8. The molecule has 8 nitrogen and oxygen atoms in total. The highest BCUT2D eigenvalue weighted by molar-refractivity contribution is 6.27. The van der Waals surface area contributed by atoms with E-state index in [1.54, 1.807) is 36.4 Å². The van der Waals surface area contributed by atoms with Gasteiger partial charge in [-0.25, -0.2) is 4.85 Å². The fraction of sp³-hybridized carbons (Fsp3) is 0.